The first-order chi connectivity index (χ1) is 11.5. The summed E-state index contributed by atoms with van der Waals surface area (Å²) in [5, 5.41) is 7.98. The summed E-state index contributed by atoms with van der Waals surface area (Å²) in [6.45, 7) is 1.99. The summed E-state index contributed by atoms with van der Waals surface area (Å²) in [5.41, 5.74) is 1.18. The number of benzene rings is 1. The Morgan fingerprint density at radius 1 is 1.25 bits per heavy atom. The van der Waals surface area contributed by atoms with Gasteiger partial charge in [0.05, 0.1) is 6.54 Å². The molecule has 0 spiro atoms. The largest absolute Gasteiger partial charge is 0.353 e. The third-order valence-electron chi connectivity index (χ3n) is 3.94. The van der Waals surface area contributed by atoms with Crippen LogP contribution in [0.4, 0.5) is 19.7 Å². The van der Waals surface area contributed by atoms with Crippen molar-refractivity contribution in [2.75, 3.05) is 38.0 Å². The van der Waals surface area contributed by atoms with Crippen molar-refractivity contribution in [3.8, 4) is 0 Å². The number of carbonyl (C=O) groups is 3. The third kappa shape index (κ3) is 3.55. The van der Waals surface area contributed by atoms with Gasteiger partial charge in [-0.05, 0) is 23.8 Å². The van der Waals surface area contributed by atoms with Crippen molar-refractivity contribution in [3.05, 3.63) is 29.6 Å². The first kappa shape index (κ1) is 16.0. The molecular formula is C15H18FN5O3. The predicted octanol–water partition coefficient (Wildman–Crippen LogP) is 0.315. The van der Waals surface area contributed by atoms with Crippen LogP contribution in [0.2, 0.25) is 0 Å². The minimum atomic E-state index is -0.400. The zero-order chi connectivity index (χ0) is 17.1. The molecule has 0 unspecified atom stereocenters. The highest BCUT2D eigenvalue weighted by Gasteiger charge is 2.25. The van der Waals surface area contributed by atoms with Crippen molar-refractivity contribution in [3.63, 3.8) is 0 Å². The molecule has 2 heterocycles. The standard InChI is InChI=1S/C15H18FN5O3/c16-11-1-2-12-10(7-11)8-21(15(24)19-12)9-13(22)17-3-5-20-6-4-18-14(20)23/h1-2,7H,3-6,8-9H2,(H,17,22)(H,18,23)(H,19,24). The molecule has 1 aromatic rings. The fraction of sp³-hybridized carbons (Fsp3) is 0.400. The molecule has 3 N–H and O–H groups in total. The lowest BCUT2D eigenvalue weighted by atomic mass is 10.1. The van der Waals surface area contributed by atoms with Crippen molar-refractivity contribution in [1.29, 1.82) is 0 Å². The van der Waals surface area contributed by atoms with E-state index in [1.54, 1.807) is 4.90 Å². The molecule has 9 heteroatoms. The molecule has 0 saturated carbocycles. The summed E-state index contributed by atoms with van der Waals surface area (Å²) in [6, 6.07) is 3.57. The number of nitrogens with one attached hydrogen (secondary N) is 3. The van der Waals surface area contributed by atoms with Crippen molar-refractivity contribution in [2.24, 2.45) is 0 Å². The van der Waals surface area contributed by atoms with E-state index in [0.29, 0.717) is 37.4 Å². The van der Waals surface area contributed by atoms with Crippen molar-refractivity contribution >= 4 is 23.7 Å². The van der Waals surface area contributed by atoms with Gasteiger partial charge in [-0.3, -0.25) is 4.79 Å². The Morgan fingerprint density at radius 2 is 2.08 bits per heavy atom. The van der Waals surface area contributed by atoms with E-state index < -0.39 is 11.8 Å². The quantitative estimate of drug-likeness (QED) is 0.723. The van der Waals surface area contributed by atoms with Crippen LogP contribution in [0, 0.1) is 5.82 Å². The number of amides is 5. The lowest BCUT2D eigenvalue weighted by molar-refractivity contribution is -0.121. The van der Waals surface area contributed by atoms with Crippen LogP contribution in [-0.2, 0) is 11.3 Å². The number of hydrogen-bond acceptors (Lipinski definition) is 3. The molecule has 2 aliphatic heterocycles. The van der Waals surface area contributed by atoms with Gasteiger partial charge in [0.1, 0.15) is 12.4 Å². The number of carbonyl (C=O) groups excluding carboxylic acids is 3. The second-order valence-corrected chi connectivity index (χ2v) is 5.66. The Balaban J connectivity index is 1.49. The molecule has 128 valence electrons. The lowest BCUT2D eigenvalue weighted by Gasteiger charge is -2.29. The van der Waals surface area contributed by atoms with Gasteiger partial charge in [-0.15, -0.1) is 0 Å². The molecule has 0 aromatic heterocycles. The molecule has 8 nitrogen and oxygen atoms in total. The number of rotatable bonds is 5. The topological polar surface area (TPSA) is 93.8 Å². The zero-order valence-corrected chi connectivity index (χ0v) is 13.0. The van der Waals surface area contributed by atoms with Gasteiger partial charge in [-0.1, -0.05) is 0 Å². The Labute approximate surface area is 138 Å². The maximum Gasteiger partial charge on any atom is 0.322 e. The molecule has 0 bridgehead atoms. The maximum absolute atomic E-state index is 13.3. The van der Waals surface area contributed by atoms with Gasteiger partial charge in [0.2, 0.25) is 5.91 Å². The minimum Gasteiger partial charge on any atom is -0.353 e. The second-order valence-electron chi connectivity index (χ2n) is 5.66. The molecule has 24 heavy (non-hydrogen) atoms. The lowest BCUT2D eigenvalue weighted by Crippen LogP contribution is -2.46. The number of hydrogen-bond donors (Lipinski definition) is 3. The predicted molar refractivity (Wildman–Crippen MR) is 83.8 cm³/mol. The average molecular weight is 335 g/mol. The molecule has 1 fully saturated rings. The minimum absolute atomic E-state index is 0.131. The first-order valence-electron chi connectivity index (χ1n) is 7.67. The molecule has 0 atom stereocenters. The van der Waals surface area contributed by atoms with E-state index in [1.165, 1.54) is 23.1 Å². The molecule has 0 radical (unpaired) electrons. The summed E-state index contributed by atoms with van der Waals surface area (Å²) in [4.78, 5) is 38.2. The summed E-state index contributed by atoms with van der Waals surface area (Å²) in [7, 11) is 0. The summed E-state index contributed by atoms with van der Waals surface area (Å²) in [5.74, 6) is -0.720. The fourth-order valence-corrected chi connectivity index (χ4v) is 2.70. The van der Waals surface area contributed by atoms with Gasteiger partial charge in [0, 0.05) is 31.9 Å². The number of halogens is 1. The van der Waals surface area contributed by atoms with Crippen LogP contribution in [0.5, 0.6) is 0 Å². The van der Waals surface area contributed by atoms with E-state index in [2.05, 4.69) is 16.0 Å². The Kier molecular flexibility index (Phi) is 4.50. The van der Waals surface area contributed by atoms with Gasteiger partial charge in [0.25, 0.3) is 0 Å². The summed E-state index contributed by atoms with van der Waals surface area (Å²) < 4.78 is 13.3. The van der Waals surface area contributed by atoms with E-state index >= 15 is 0 Å². The molecule has 5 amide bonds. The number of fused-ring (bicyclic) bond motifs is 1. The molecule has 3 rings (SSSR count). The molecular weight excluding hydrogens is 317 g/mol. The molecule has 1 saturated heterocycles. The Bertz CT molecular complexity index is 681. The van der Waals surface area contributed by atoms with E-state index in [1.807, 2.05) is 0 Å². The highest BCUT2D eigenvalue weighted by Crippen LogP contribution is 2.23. The Morgan fingerprint density at radius 3 is 2.83 bits per heavy atom. The normalized spacial score (nSPS) is 16.5. The van der Waals surface area contributed by atoms with Crippen molar-refractivity contribution in [2.45, 2.75) is 6.54 Å². The summed E-state index contributed by atoms with van der Waals surface area (Å²) in [6.07, 6.45) is 0. The highest BCUT2D eigenvalue weighted by molar-refractivity contribution is 5.94. The van der Waals surface area contributed by atoms with Crippen LogP contribution in [0.1, 0.15) is 5.56 Å². The summed E-state index contributed by atoms with van der Waals surface area (Å²) >= 11 is 0. The number of nitrogens with zero attached hydrogens (tertiary/aromatic N) is 2. The number of urea groups is 2. The highest BCUT2D eigenvalue weighted by atomic mass is 19.1. The van der Waals surface area contributed by atoms with Gasteiger partial charge in [-0.25, -0.2) is 14.0 Å². The average Bonchev–Trinajstić information content (AvgIpc) is 2.94. The van der Waals surface area contributed by atoms with Crippen LogP contribution < -0.4 is 16.0 Å². The van der Waals surface area contributed by atoms with E-state index in [9.17, 15) is 18.8 Å². The van der Waals surface area contributed by atoms with Crippen LogP contribution >= 0.6 is 0 Å². The van der Waals surface area contributed by atoms with Gasteiger partial charge in [0.15, 0.2) is 0 Å². The van der Waals surface area contributed by atoms with Crippen LogP contribution in [0.3, 0.4) is 0 Å². The van der Waals surface area contributed by atoms with Crippen molar-refractivity contribution in [1.82, 2.24) is 20.4 Å². The van der Waals surface area contributed by atoms with Gasteiger partial charge < -0.3 is 25.8 Å². The van der Waals surface area contributed by atoms with Crippen molar-refractivity contribution < 1.29 is 18.8 Å². The van der Waals surface area contributed by atoms with E-state index in [-0.39, 0.29) is 25.0 Å². The van der Waals surface area contributed by atoms with Crippen LogP contribution in [0.15, 0.2) is 18.2 Å². The van der Waals surface area contributed by atoms with Gasteiger partial charge in [-0.2, -0.15) is 0 Å². The number of anilines is 1. The van der Waals surface area contributed by atoms with Gasteiger partial charge >= 0.3 is 12.1 Å². The fourth-order valence-electron chi connectivity index (χ4n) is 2.70. The van der Waals surface area contributed by atoms with Crippen LogP contribution in [0.25, 0.3) is 0 Å². The Hall–Kier alpha value is -2.84. The monoisotopic (exact) mass is 335 g/mol. The zero-order valence-electron chi connectivity index (χ0n) is 13.0. The molecule has 1 aromatic carbocycles. The first-order valence-corrected chi connectivity index (χ1v) is 7.67. The molecule has 2 aliphatic rings. The van der Waals surface area contributed by atoms with E-state index in [4.69, 9.17) is 0 Å². The SMILES string of the molecule is O=C(CN1Cc2cc(F)ccc2NC1=O)NCCN1CCNC1=O. The van der Waals surface area contributed by atoms with Crippen LogP contribution in [-0.4, -0.2) is 60.5 Å². The van der Waals surface area contributed by atoms with E-state index in [0.717, 1.165) is 0 Å². The molecule has 0 aliphatic carbocycles. The maximum atomic E-state index is 13.3. The second kappa shape index (κ2) is 6.73. The smallest absolute Gasteiger partial charge is 0.322 e. The third-order valence-corrected chi connectivity index (χ3v) is 3.94.